The molecule has 0 aliphatic heterocycles. The van der Waals surface area contributed by atoms with Gasteiger partial charge >= 0.3 is 0 Å². The van der Waals surface area contributed by atoms with Crippen LogP contribution in [0.25, 0.3) is 0 Å². The Kier molecular flexibility index (Phi) is 4.61. The minimum absolute atomic E-state index is 0.546. The third kappa shape index (κ3) is 2.75. The van der Waals surface area contributed by atoms with Crippen molar-refractivity contribution in [3.05, 3.63) is 0 Å². The highest BCUT2D eigenvalue weighted by Gasteiger charge is 2.60. The van der Waals surface area contributed by atoms with Gasteiger partial charge in [0.15, 0.2) is 0 Å². The summed E-state index contributed by atoms with van der Waals surface area (Å²) in [6.45, 7) is 13.1. The molecule has 4 fully saturated rings. The van der Waals surface area contributed by atoms with Crippen molar-refractivity contribution in [3.63, 3.8) is 0 Å². The van der Waals surface area contributed by atoms with Crippen LogP contribution in [0.3, 0.4) is 0 Å². The fourth-order valence-corrected chi connectivity index (χ4v) is 9.57. The maximum Gasteiger partial charge on any atom is -0.0241 e. The molecule has 0 heterocycles. The van der Waals surface area contributed by atoms with Gasteiger partial charge in [-0.3, -0.25) is 0 Å². The molecule has 0 saturated heterocycles. The van der Waals surface area contributed by atoms with Crippen molar-refractivity contribution >= 4 is 0 Å². The second kappa shape index (κ2) is 6.27. The molecule has 0 amide bonds. The van der Waals surface area contributed by atoms with Crippen molar-refractivity contribution in [2.45, 2.75) is 112 Å². The van der Waals surface area contributed by atoms with E-state index in [1.165, 1.54) is 44.9 Å². The Morgan fingerprint density at radius 3 is 2.36 bits per heavy atom. The number of rotatable bonds is 1. The predicted molar refractivity (Wildman–Crippen MR) is 109 cm³/mol. The van der Waals surface area contributed by atoms with Gasteiger partial charge < -0.3 is 0 Å². The van der Waals surface area contributed by atoms with Crippen LogP contribution in [-0.2, 0) is 0 Å². The van der Waals surface area contributed by atoms with E-state index >= 15 is 0 Å². The van der Waals surface area contributed by atoms with Gasteiger partial charge in [-0.1, -0.05) is 53.9 Å². The quantitative estimate of drug-likeness (QED) is 0.454. The molecule has 0 aromatic carbocycles. The van der Waals surface area contributed by atoms with Gasteiger partial charge in [-0.25, -0.2) is 0 Å². The summed E-state index contributed by atoms with van der Waals surface area (Å²) in [5.74, 6) is 5.08. The van der Waals surface area contributed by atoms with Gasteiger partial charge in [0.05, 0.1) is 0 Å². The average molecular weight is 345 g/mol. The van der Waals surface area contributed by atoms with E-state index in [0.717, 1.165) is 35.0 Å². The highest BCUT2D eigenvalue weighted by Crippen LogP contribution is 2.68. The third-order valence-corrected chi connectivity index (χ3v) is 10.2. The fourth-order valence-electron chi connectivity index (χ4n) is 9.57. The maximum atomic E-state index is 2.71. The van der Waals surface area contributed by atoms with E-state index in [1.54, 1.807) is 32.1 Å². The van der Waals surface area contributed by atoms with E-state index in [0.29, 0.717) is 10.8 Å². The van der Waals surface area contributed by atoms with Crippen LogP contribution in [0.15, 0.2) is 0 Å². The smallest absolute Gasteiger partial charge is 0.0241 e. The second-order valence-corrected chi connectivity index (χ2v) is 11.9. The molecular formula is C25H44. The summed E-state index contributed by atoms with van der Waals surface area (Å²) in [5.41, 5.74) is 1.91. The molecule has 0 radical (unpaired) electrons. The topological polar surface area (TPSA) is 0 Å². The first kappa shape index (κ1) is 18.4. The van der Waals surface area contributed by atoms with E-state index in [-0.39, 0.29) is 0 Å². The average Bonchev–Trinajstić information content (AvgIpc) is 2.67. The van der Waals surface area contributed by atoms with Crippen molar-refractivity contribution in [1.82, 2.24) is 0 Å². The van der Waals surface area contributed by atoms with Crippen molar-refractivity contribution in [3.8, 4) is 0 Å². The SMILES string of the molecule is CC[C@]12CCCC[C@H]1CCC1C3C(C)(C)CC(C)CCC3(C)CCC12. The molecule has 25 heavy (non-hydrogen) atoms. The first-order valence-electron chi connectivity index (χ1n) is 11.8. The first-order valence-corrected chi connectivity index (χ1v) is 11.8. The molecular weight excluding hydrogens is 300 g/mol. The van der Waals surface area contributed by atoms with Gasteiger partial charge in [0.2, 0.25) is 0 Å². The van der Waals surface area contributed by atoms with E-state index in [1.807, 2.05) is 0 Å². The van der Waals surface area contributed by atoms with E-state index in [4.69, 9.17) is 0 Å². The summed E-state index contributed by atoms with van der Waals surface area (Å²) in [5, 5.41) is 0. The van der Waals surface area contributed by atoms with Crippen molar-refractivity contribution < 1.29 is 0 Å². The van der Waals surface area contributed by atoms with Crippen LogP contribution >= 0.6 is 0 Å². The summed E-state index contributed by atoms with van der Waals surface area (Å²) < 4.78 is 0. The van der Waals surface area contributed by atoms with Gasteiger partial charge in [-0.15, -0.1) is 0 Å². The van der Waals surface area contributed by atoms with Crippen LogP contribution < -0.4 is 0 Å². The molecule has 0 spiro atoms. The number of hydrogen-bond acceptors (Lipinski definition) is 0. The lowest BCUT2D eigenvalue weighted by Crippen LogP contribution is -2.56. The molecule has 0 N–H and O–H groups in total. The van der Waals surface area contributed by atoms with E-state index in [2.05, 4.69) is 34.6 Å². The van der Waals surface area contributed by atoms with Crippen molar-refractivity contribution in [1.29, 1.82) is 0 Å². The van der Waals surface area contributed by atoms with Gasteiger partial charge in [0.1, 0.15) is 0 Å². The second-order valence-electron chi connectivity index (χ2n) is 11.9. The zero-order valence-electron chi connectivity index (χ0n) is 17.9. The van der Waals surface area contributed by atoms with Crippen LogP contribution in [0.2, 0.25) is 0 Å². The predicted octanol–water partition coefficient (Wildman–Crippen LogP) is 7.86. The van der Waals surface area contributed by atoms with Crippen molar-refractivity contribution in [2.24, 2.45) is 45.8 Å². The standard InChI is InChI=1S/C25H44/c1-6-25-14-8-7-9-19(25)10-11-20-21(25)13-16-24(5)15-12-18(2)17-23(3,4)22(20)24/h18-22H,6-17H2,1-5H3/t18?,19-,20?,21?,22?,24?,25-/m0/s1. The Morgan fingerprint density at radius 2 is 1.60 bits per heavy atom. The lowest BCUT2D eigenvalue weighted by molar-refractivity contribution is -0.150. The molecule has 7 atom stereocenters. The molecule has 4 aliphatic rings. The molecule has 0 heteroatoms. The van der Waals surface area contributed by atoms with Gasteiger partial charge in [0.25, 0.3) is 0 Å². The Morgan fingerprint density at radius 1 is 0.840 bits per heavy atom. The van der Waals surface area contributed by atoms with Crippen LogP contribution in [0.4, 0.5) is 0 Å². The normalized spacial score (nSPS) is 52.4. The Labute approximate surface area is 157 Å². The number of hydrogen-bond donors (Lipinski definition) is 0. The molecule has 5 unspecified atom stereocenters. The molecule has 0 aromatic heterocycles. The van der Waals surface area contributed by atoms with Crippen LogP contribution in [0.5, 0.6) is 0 Å². The first-order chi connectivity index (χ1) is 11.8. The summed E-state index contributed by atoms with van der Waals surface area (Å²) in [4.78, 5) is 0. The Balaban J connectivity index is 1.72. The molecule has 144 valence electrons. The Bertz CT molecular complexity index is 490. The maximum absolute atomic E-state index is 2.71. The molecule has 0 aromatic rings. The summed E-state index contributed by atoms with van der Waals surface area (Å²) in [6, 6.07) is 0. The monoisotopic (exact) mass is 344 g/mol. The van der Waals surface area contributed by atoms with Crippen LogP contribution in [0, 0.1) is 45.8 Å². The fraction of sp³-hybridized carbons (Fsp3) is 1.00. The van der Waals surface area contributed by atoms with Crippen LogP contribution in [-0.4, -0.2) is 0 Å². The largest absolute Gasteiger partial charge is 0.0648 e. The zero-order chi connectivity index (χ0) is 17.9. The molecule has 4 rings (SSSR count). The molecule has 4 saturated carbocycles. The molecule has 4 aliphatic carbocycles. The molecule has 0 nitrogen and oxygen atoms in total. The van der Waals surface area contributed by atoms with E-state index < -0.39 is 0 Å². The van der Waals surface area contributed by atoms with Crippen molar-refractivity contribution in [2.75, 3.05) is 0 Å². The summed E-state index contributed by atoms with van der Waals surface area (Å²) in [6.07, 6.45) is 18.3. The third-order valence-electron chi connectivity index (χ3n) is 10.2. The minimum Gasteiger partial charge on any atom is -0.0648 e. The molecule has 0 bridgehead atoms. The summed E-state index contributed by atoms with van der Waals surface area (Å²) in [7, 11) is 0. The highest BCUT2D eigenvalue weighted by molar-refractivity contribution is 5.09. The minimum atomic E-state index is 0.546. The van der Waals surface area contributed by atoms with Gasteiger partial charge in [0, 0.05) is 0 Å². The van der Waals surface area contributed by atoms with Crippen LogP contribution in [0.1, 0.15) is 112 Å². The highest BCUT2D eigenvalue weighted by atomic mass is 14.6. The zero-order valence-corrected chi connectivity index (χ0v) is 17.9. The lowest BCUT2D eigenvalue weighted by Gasteiger charge is -2.64. The Hall–Kier alpha value is 0. The van der Waals surface area contributed by atoms with Gasteiger partial charge in [-0.05, 0) is 104 Å². The summed E-state index contributed by atoms with van der Waals surface area (Å²) >= 11 is 0. The lowest BCUT2D eigenvalue weighted by atomic mass is 9.41. The number of fused-ring (bicyclic) bond motifs is 5. The van der Waals surface area contributed by atoms with E-state index in [9.17, 15) is 0 Å². The van der Waals surface area contributed by atoms with Gasteiger partial charge in [-0.2, -0.15) is 0 Å².